The Kier molecular flexibility index (Phi) is 3.16. The number of hydrogen-bond donors (Lipinski definition) is 1. The molecule has 0 amide bonds. The van der Waals surface area contributed by atoms with E-state index in [0.29, 0.717) is 12.0 Å². The van der Waals surface area contributed by atoms with Crippen LogP contribution >= 0.6 is 0 Å². The van der Waals surface area contributed by atoms with Gasteiger partial charge in [-0.2, -0.15) is 0 Å². The van der Waals surface area contributed by atoms with Crippen LogP contribution in [-0.4, -0.2) is 13.1 Å². The lowest BCUT2D eigenvalue weighted by molar-refractivity contribution is 0.422. The van der Waals surface area contributed by atoms with Crippen molar-refractivity contribution in [3.63, 3.8) is 0 Å². The van der Waals surface area contributed by atoms with Crippen LogP contribution in [0.25, 0.3) is 0 Å². The van der Waals surface area contributed by atoms with E-state index in [1.54, 1.807) is 0 Å². The molecule has 1 heteroatoms. The summed E-state index contributed by atoms with van der Waals surface area (Å²) < 4.78 is 0. The molecule has 0 radical (unpaired) electrons. The van der Waals surface area contributed by atoms with Crippen molar-refractivity contribution in [2.24, 2.45) is 0 Å². The summed E-state index contributed by atoms with van der Waals surface area (Å²) in [7, 11) is 2.08. The van der Waals surface area contributed by atoms with Gasteiger partial charge in [0.1, 0.15) is 0 Å². The Bertz CT molecular complexity index is 518. The van der Waals surface area contributed by atoms with E-state index in [2.05, 4.69) is 67.0 Å². The van der Waals surface area contributed by atoms with Gasteiger partial charge in [0.2, 0.25) is 0 Å². The molecule has 1 aliphatic carbocycles. The van der Waals surface area contributed by atoms with E-state index in [1.807, 2.05) is 0 Å². The molecule has 0 bridgehead atoms. The first-order valence-corrected chi connectivity index (χ1v) is 6.67. The Labute approximate surface area is 109 Å². The minimum Gasteiger partial charge on any atom is -0.316 e. The Morgan fingerprint density at radius 2 is 1.78 bits per heavy atom. The van der Waals surface area contributed by atoms with Gasteiger partial charge in [-0.1, -0.05) is 54.6 Å². The zero-order valence-electron chi connectivity index (χ0n) is 10.8. The summed E-state index contributed by atoms with van der Waals surface area (Å²) in [5, 5.41) is 3.49. The highest BCUT2D eigenvalue weighted by molar-refractivity contribution is 5.41. The fourth-order valence-corrected chi connectivity index (χ4v) is 2.97. The molecule has 0 saturated heterocycles. The maximum Gasteiger partial charge on any atom is 0.0176 e. The van der Waals surface area contributed by atoms with Crippen LogP contribution in [0.5, 0.6) is 0 Å². The van der Waals surface area contributed by atoms with Crippen LogP contribution < -0.4 is 5.32 Å². The molecule has 92 valence electrons. The molecule has 0 heterocycles. The van der Waals surface area contributed by atoms with E-state index in [4.69, 9.17) is 0 Å². The van der Waals surface area contributed by atoms with Gasteiger partial charge >= 0.3 is 0 Å². The first-order chi connectivity index (χ1) is 8.88. The van der Waals surface area contributed by atoms with Gasteiger partial charge in [-0.3, -0.25) is 0 Å². The SMILES string of the molecule is CNC(Cc1ccccc1)C1Cc2ccccc21. The highest BCUT2D eigenvalue weighted by Gasteiger charge is 2.31. The third kappa shape index (κ3) is 2.06. The van der Waals surface area contributed by atoms with Crippen LogP contribution in [0.15, 0.2) is 54.6 Å². The molecular formula is C17H19N. The van der Waals surface area contributed by atoms with Gasteiger partial charge in [0, 0.05) is 12.0 Å². The maximum absolute atomic E-state index is 3.49. The average Bonchev–Trinajstić information content (AvgIpc) is 2.40. The summed E-state index contributed by atoms with van der Waals surface area (Å²) in [4.78, 5) is 0. The number of fused-ring (bicyclic) bond motifs is 1. The molecule has 2 unspecified atom stereocenters. The van der Waals surface area contributed by atoms with Gasteiger partial charge in [-0.25, -0.2) is 0 Å². The summed E-state index contributed by atoms with van der Waals surface area (Å²) in [6, 6.07) is 20.1. The molecule has 0 fully saturated rings. The van der Waals surface area contributed by atoms with Crippen molar-refractivity contribution in [1.82, 2.24) is 5.32 Å². The third-order valence-corrected chi connectivity index (χ3v) is 4.05. The van der Waals surface area contributed by atoms with Gasteiger partial charge in [-0.05, 0) is 36.6 Å². The summed E-state index contributed by atoms with van der Waals surface area (Å²) in [5.74, 6) is 0.673. The van der Waals surface area contributed by atoms with Gasteiger partial charge in [-0.15, -0.1) is 0 Å². The molecule has 0 saturated carbocycles. The predicted molar refractivity (Wildman–Crippen MR) is 75.9 cm³/mol. The van der Waals surface area contributed by atoms with E-state index < -0.39 is 0 Å². The van der Waals surface area contributed by atoms with Crippen LogP contribution in [0, 0.1) is 0 Å². The van der Waals surface area contributed by atoms with Gasteiger partial charge < -0.3 is 5.32 Å². The average molecular weight is 237 g/mol. The molecule has 2 atom stereocenters. The number of nitrogens with one attached hydrogen (secondary N) is 1. The van der Waals surface area contributed by atoms with Crippen molar-refractivity contribution < 1.29 is 0 Å². The molecule has 1 aliphatic rings. The molecule has 0 spiro atoms. The van der Waals surface area contributed by atoms with Crippen molar-refractivity contribution in [1.29, 1.82) is 0 Å². The summed E-state index contributed by atoms with van der Waals surface area (Å²) in [6.07, 6.45) is 2.32. The topological polar surface area (TPSA) is 12.0 Å². The molecule has 2 aromatic carbocycles. The molecule has 0 aliphatic heterocycles. The molecule has 2 aromatic rings. The second kappa shape index (κ2) is 4.95. The number of benzene rings is 2. The number of hydrogen-bond acceptors (Lipinski definition) is 1. The van der Waals surface area contributed by atoms with Crippen molar-refractivity contribution in [2.45, 2.75) is 24.8 Å². The monoisotopic (exact) mass is 237 g/mol. The minimum atomic E-state index is 0.544. The van der Waals surface area contributed by atoms with E-state index in [-0.39, 0.29) is 0 Å². The third-order valence-electron chi connectivity index (χ3n) is 4.05. The summed E-state index contributed by atoms with van der Waals surface area (Å²) >= 11 is 0. The normalized spacial score (nSPS) is 18.8. The Hall–Kier alpha value is -1.60. The summed E-state index contributed by atoms with van der Waals surface area (Å²) in [5.41, 5.74) is 4.48. The lowest BCUT2D eigenvalue weighted by atomic mass is 9.72. The fourth-order valence-electron chi connectivity index (χ4n) is 2.97. The van der Waals surface area contributed by atoms with E-state index in [1.165, 1.54) is 23.1 Å². The Morgan fingerprint density at radius 1 is 1.06 bits per heavy atom. The van der Waals surface area contributed by atoms with E-state index in [0.717, 1.165) is 6.42 Å². The van der Waals surface area contributed by atoms with Crippen molar-refractivity contribution in [3.8, 4) is 0 Å². The number of likely N-dealkylation sites (N-methyl/N-ethyl adjacent to an activating group) is 1. The second-order valence-electron chi connectivity index (χ2n) is 5.09. The van der Waals surface area contributed by atoms with Crippen LogP contribution in [0.3, 0.4) is 0 Å². The largest absolute Gasteiger partial charge is 0.316 e. The van der Waals surface area contributed by atoms with Gasteiger partial charge in [0.05, 0.1) is 0 Å². The van der Waals surface area contributed by atoms with Crippen molar-refractivity contribution in [3.05, 3.63) is 71.3 Å². The van der Waals surface area contributed by atoms with Gasteiger partial charge in [0.25, 0.3) is 0 Å². The van der Waals surface area contributed by atoms with Crippen LogP contribution in [-0.2, 0) is 12.8 Å². The Morgan fingerprint density at radius 3 is 2.50 bits per heavy atom. The van der Waals surface area contributed by atoms with Gasteiger partial charge in [0.15, 0.2) is 0 Å². The number of rotatable bonds is 4. The highest BCUT2D eigenvalue weighted by atomic mass is 14.9. The minimum absolute atomic E-state index is 0.544. The zero-order valence-corrected chi connectivity index (χ0v) is 10.8. The first-order valence-electron chi connectivity index (χ1n) is 6.67. The van der Waals surface area contributed by atoms with E-state index in [9.17, 15) is 0 Å². The lowest BCUT2D eigenvalue weighted by Crippen LogP contribution is -2.39. The molecule has 18 heavy (non-hydrogen) atoms. The quantitative estimate of drug-likeness (QED) is 0.861. The first kappa shape index (κ1) is 11.5. The highest BCUT2D eigenvalue weighted by Crippen LogP contribution is 2.38. The second-order valence-corrected chi connectivity index (χ2v) is 5.09. The van der Waals surface area contributed by atoms with Crippen LogP contribution in [0.2, 0.25) is 0 Å². The summed E-state index contributed by atoms with van der Waals surface area (Å²) in [6.45, 7) is 0. The van der Waals surface area contributed by atoms with Crippen LogP contribution in [0.1, 0.15) is 22.6 Å². The van der Waals surface area contributed by atoms with Crippen molar-refractivity contribution in [2.75, 3.05) is 7.05 Å². The van der Waals surface area contributed by atoms with Crippen molar-refractivity contribution >= 4 is 0 Å². The molecule has 0 aromatic heterocycles. The molecule has 1 N–H and O–H groups in total. The molecule has 3 rings (SSSR count). The van der Waals surface area contributed by atoms with E-state index >= 15 is 0 Å². The fraction of sp³-hybridized carbons (Fsp3) is 0.294. The molecular weight excluding hydrogens is 218 g/mol. The standard InChI is InChI=1S/C17H19N/c1-18-17(11-13-7-3-2-4-8-13)16-12-14-9-5-6-10-15(14)16/h2-10,16-18H,11-12H2,1H3. The molecule has 1 nitrogen and oxygen atoms in total. The smallest absolute Gasteiger partial charge is 0.0176 e. The maximum atomic E-state index is 3.49. The Balaban J connectivity index is 1.75. The zero-order chi connectivity index (χ0) is 12.4. The lowest BCUT2D eigenvalue weighted by Gasteiger charge is -2.36. The van der Waals surface area contributed by atoms with Crippen LogP contribution in [0.4, 0.5) is 0 Å². The predicted octanol–water partition coefficient (Wildman–Crippen LogP) is 3.16.